The van der Waals surface area contributed by atoms with Crippen LogP contribution >= 0.6 is 11.6 Å². The van der Waals surface area contributed by atoms with Crippen LogP contribution in [0.4, 0.5) is 0 Å². The Hall–Kier alpha value is -2.11. The van der Waals surface area contributed by atoms with Crippen molar-refractivity contribution in [2.24, 2.45) is 5.16 Å². The molecule has 1 saturated heterocycles. The third-order valence-corrected chi connectivity index (χ3v) is 5.16. The number of pyridine rings is 1. The summed E-state index contributed by atoms with van der Waals surface area (Å²) in [5.74, 6) is 0.341. The Morgan fingerprint density at radius 2 is 1.96 bits per heavy atom. The van der Waals surface area contributed by atoms with Crippen LogP contribution in [-0.4, -0.2) is 37.4 Å². The van der Waals surface area contributed by atoms with Crippen molar-refractivity contribution in [1.29, 1.82) is 0 Å². The summed E-state index contributed by atoms with van der Waals surface area (Å²) in [5, 5.41) is 16.8. The van der Waals surface area contributed by atoms with Gasteiger partial charge in [-0.25, -0.2) is 0 Å². The highest BCUT2D eigenvalue weighted by atomic mass is 35.5. The Bertz CT molecular complexity index is 741. The highest BCUT2D eigenvalue weighted by Gasteiger charge is 2.25. The van der Waals surface area contributed by atoms with E-state index in [-0.39, 0.29) is 0 Å². The molecule has 0 aliphatic carbocycles. The van der Waals surface area contributed by atoms with Gasteiger partial charge >= 0.3 is 0 Å². The highest BCUT2D eigenvalue weighted by Crippen LogP contribution is 2.25. The Labute approximate surface area is 159 Å². The Kier molecular flexibility index (Phi) is 6.47. The topological polar surface area (TPSA) is 51.8 Å². The van der Waals surface area contributed by atoms with Gasteiger partial charge in [0.15, 0.2) is 11.9 Å². The molecule has 1 aromatic heterocycles. The van der Waals surface area contributed by atoms with Crippen molar-refractivity contribution in [3.05, 3.63) is 70.1 Å². The average molecular weight is 374 g/mol. The molecule has 0 N–H and O–H groups in total. The van der Waals surface area contributed by atoms with E-state index in [1.807, 2.05) is 36.4 Å². The Morgan fingerprint density at radius 3 is 2.62 bits per heavy atom. The van der Waals surface area contributed by atoms with Gasteiger partial charge < -0.3 is 14.9 Å². The van der Waals surface area contributed by atoms with E-state index >= 15 is 0 Å². The first-order valence-electron chi connectivity index (χ1n) is 8.94. The molecule has 1 aliphatic rings. The molecule has 1 aromatic carbocycles. The summed E-state index contributed by atoms with van der Waals surface area (Å²) < 4.78 is 1.00. The summed E-state index contributed by atoms with van der Waals surface area (Å²) >= 11 is 5.96. The summed E-state index contributed by atoms with van der Waals surface area (Å²) in [4.78, 5) is 7.44. The zero-order chi connectivity index (χ0) is 18.4. The van der Waals surface area contributed by atoms with Crippen LogP contribution in [0.25, 0.3) is 0 Å². The normalized spacial score (nSPS) is 16.6. The summed E-state index contributed by atoms with van der Waals surface area (Å²) in [7, 11) is 1.57. The largest absolute Gasteiger partial charge is 0.618 e. The number of aromatic nitrogens is 1. The van der Waals surface area contributed by atoms with Crippen molar-refractivity contribution in [2.75, 3.05) is 26.7 Å². The molecule has 3 rings (SSSR count). The molecule has 0 bridgehead atoms. The summed E-state index contributed by atoms with van der Waals surface area (Å²) in [6.07, 6.45) is 4.41. The predicted octanol–water partition coefficient (Wildman–Crippen LogP) is 3.59. The molecule has 2 aromatic rings. The smallest absolute Gasteiger partial charge is 0.195 e. The van der Waals surface area contributed by atoms with Crippen molar-refractivity contribution < 1.29 is 9.57 Å². The molecule has 2 heterocycles. The minimum absolute atomic E-state index is 0.341. The van der Waals surface area contributed by atoms with Gasteiger partial charge in [0.2, 0.25) is 0 Å². The second-order valence-corrected chi connectivity index (χ2v) is 6.98. The van der Waals surface area contributed by atoms with E-state index in [2.05, 4.69) is 10.1 Å². The van der Waals surface area contributed by atoms with Crippen LogP contribution in [0.15, 0.2) is 53.8 Å². The lowest BCUT2D eigenvalue weighted by atomic mass is 9.92. The van der Waals surface area contributed by atoms with Gasteiger partial charge in [-0.2, -0.15) is 4.73 Å². The van der Waals surface area contributed by atoms with Gasteiger partial charge in [0.1, 0.15) is 7.11 Å². The fraction of sp³-hybridized carbons (Fsp3) is 0.400. The van der Waals surface area contributed by atoms with Gasteiger partial charge in [0.25, 0.3) is 0 Å². The van der Waals surface area contributed by atoms with E-state index in [0.29, 0.717) is 10.9 Å². The molecule has 1 fully saturated rings. The van der Waals surface area contributed by atoms with E-state index in [1.54, 1.807) is 19.4 Å². The molecule has 5 nitrogen and oxygen atoms in total. The summed E-state index contributed by atoms with van der Waals surface area (Å²) in [6.45, 7) is 2.89. The number of hydrogen-bond acceptors (Lipinski definition) is 4. The summed E-state index contributed by atoms with van der Waals surface area (Å²) in [6, 6.07) is 13.3. The lowest BCUT2D eigenvalue weighted by Crippen LogP contribution is -2.39. The van der Waals surface area contributed by atoms with Crippen LogP contribution in [0.1, 0.15) is 36.4 Å². The lowest BCUT2D eigenvalue weighted by molar-refractivity contribution is -0.616. The van der Waals surface area contributed by atoms with Gasteiger partial charge in [0.05, 0.1) is 5.71 Å². The quantitative estimate of drug-likeness (QED) is 0.336. The lowest BCUT2D eigenvalue weighted by Gasteiger charge is -2.31. The second kappa shape index (κ2) is 9.01. The van der Waals surface area contributed by atoms with Gasteiger partial charge in [-0.1, -0.05) is 35.0 Å². The van der Waals surface area contributed by atoms with Gasteiger partial charge in [0, 0.05) is 36.0 Å². The van der Waals surface area contributed by atoms with E-state index in [0.717, 1.165) is 60.6 Å². The third-order valence-electron chi connectivity index (χ3n) is 4.90. The van der Waals surface area contributed by atoms with Crippen LogP contribution in [0.5, 0.6) is 0 Å². The maximum atomic E-state index is 11.9. The first kappa shape index (κ1) is 18.7. The number of rotatable bonds is 6. The Morgan fingerprint density at radius 1 is 1.23 bits per heavy atom. The molecular weight excluding hydrogens is 350 g/mol. The standard InChI is InChI=1S/C20H24ClN3O2/c1-26-22-19(16-5-7-18(21)8-6-16)11-15-23-13-9-17(10-14-23)20-4-2-3-12-24(20)25/h2-8,12,17H,9-11,13-15H2,1H3/b22-19+. The van der Waals surface area contributed by atoms with Crippen molar-refractivity contribution >= 4 is 17.3 Å². The van der Waals surface area contributed by atoms with Crippen LogP contribution in [0.3, 0.4) is 0 Å². The molecule has 0 amide bonds. The van der Waals surface area contributed by atoms with Gasteiger partial charge in [-0.05, 0) is 43.6 Å². The first-order chi connectivity index (χ1) is 12.7. The van der Waals surface area contributed by atoms with Crippen molar-refractivity contribution in [3.63, 3.8) is 0 Å². The molecule has 1 aliphatic heterocycles. The Balaban J connectivity index is 1.54. The molecule has 0 unspecified atom stereocenters. The predicted molar refractivity (Wildman–Crippen MR) is 103 cm³/mol. The average Bonchev–Trinajstić information content (AvgIpc) is 2.67. The first-order valence-corrected chi connectivity index (χ1v) is 9.31. The zero-order valence-electron chi connectivity index (χ0n) is 15.0. The third kappa shape index (κ3) is 4.74. The van der Waals surface area contributed by atoms with E-state index in [1.165, 1.54) is 0 Å². The molecule has 6 heteroatoms. The number of halogens is 1. The number of oxime groups is 1. The van der Waals surface area contributed by atoms with Crippen LogP contribution in [0, 0.1) is 5.21 Å². The minimum atomic E-state index is 0.341. The minimum Gasteiger partial charge on any atom is -0.618 e. The maximum Gasteiger partial charge on any atom is 0.195 e. The maximum absolute atomic E-state index is 11.9. The zero-order valence-corrected chi connectivity index (χ0v) is 15.7. The van der Waals surface area contributed by atoms with E-state index in [4.69, 9.17) is 16.4 Å². The number of likely N-dealkylation sites (tertiary alicyclic amines) is 1. The van der Waals surface area contributed by atoms with E-state index < -0.39 is 0 Å². The van der Waals surface area contributed by atoms with Crippen molar-refractivity contribution in [2.45, 2.75) is 25.2 Å². The summed E-state index contributed by atoms with van der Waals surface area (Å²) in [5.41, 5.74) is 2.84. The molecule has 0 saturated carbocycles. The van der Waals surface area contributed by atoms with E-state index in [9.17, 15) is 5.21 Å². The number of benzene rings is 1. The fourth-order valence-corrected chi connectivity index (χ4v) is 3.60. The van der Waals surface area contributed by atoms with Crippen LogP contribution < -0.4 is 4.73 Å². The molecule has 26 heavy (non-hydrogen) atoms. The van der Waals surface area contributed by atoms with Crippen molar-refractivity contribution in [3.8, 4) is 0 Å². The van der Waals surface area contributed by atoms with Crippen LogP contribution in [-0.2, 0) is 4.84 Å². The van der Waals surface area contributed by atoms with Crippen LogP contribution in [0.2, 0.25) is 5.02 Å². The molecular formula is C20H24ClN3O2. The highest BCUT2D eigenvalue weighted by molar-refractivity contribution is 6.30. The van der Waals surface area contributed by atoms with Gasteiger partial charge in [-0.3, -0.25) is 0 Å². The fourth-order valence-electron chi connectivity index (χ4n) is 3.47. The number of piperidine rings is 1. The SMILES string of the molecule is CO/N=C(\CCN1CCC(c2cccc[n+]2[O-])CC1)c1ccc(Cl)cc1. The monoisotopic (exact) mass is 373 g/mol. The molecule has 138 valence electrons. The molecule has 0 spiro atoms. The molecule has 0 radical (unpaired) electrons. The van der Waals surface area contributed by atoms with Gasteiger partial charge in [-0.15, -0.1) is 0 Å². The molecule has 0 atom stereocenters. The number of nitrogens with zero attached hydrogens (tertiary/aromatic N) is 3. The second-order valence-electron chi connectivity index (χ2n) is 6.54. The number of hydrogen-bond donors (Lipinski definition) is 0. The van der Waals surface area contributed by atoms with Crippen molar-refractivity contribution in [1.82, 2.24) is 4.90 Å².